The van der Waals surface area contributed by atoms with Crippen LogP contribution >= 0.6 is 11.8 Å². The smallest absolute Gasteiger partial charge is 0.267 e. The number of fused-ring (bicyclic) bond motifs is 6. The first-order valence-electron chi connectivity index (χ1n) is 15.3. The summed E-state index contributed by atoms with van der Waals surface area (Å²) in [7, 11) is 1.62. The maximum absolute atomic E-state index is 13.1. The van der Waals surface area contributed by atoms with Crippen molar-refractivity contribution in [3.05, 3.63) is 65.7 Å². The van der Waals surface area contributed by atoms with E-state index in [1.165, 1.54) is 42.2 Å². The Morgan fingerprint density at radius 1 is 1.02 bits per heavy atom. The highest BCUT2D eigenvalue weighted by atomic mass is 32.2. The molecule has 6 rings (SSSR count). The Kier molecular flexibility index (Phi) is 8.67. The van der Waals surface area contributed by atoms with Gasteiger partial charge in [-0.25, -0.2) is 0 Å². The molecular formula is C34H42F2O4S. The lowest BCUT2D eigenvalue weighted by molar-refractivity contribution is -0.237. The molecular weight excluding hydrogens is 542 g/mol. The summed E-state index contributed by atoms with van der Waals surface area (Å²) in [5.41, 5.74) is 3.08. The van der Waals surface area contributed by atoms with E-state index in [1.807, 2.05) is 24.3 Å². The molecule has 2 saturated carbocycles. The summed E-state index contributed by atoms with van der Waals surface area (Å²) in [6, 6.07) is 14.2. The van der Waals surface area contributed by atoms with Crippen molar-refractivity contribution >= 4 is 11.8 Å². The molecule has 222 valence electrons. The predicted octanol–water partition coefficient (Wildman–Crippen LogP) is 8.78. The Hall–Kier alpha value is -2.09. The molecule has 3 fully saturated rings. The number of methoxy groups -OCH3 is 1. The molecule has 0 unspecified atom stereocenters. The molecule has 0 aromatic heterocycles. The summed E-state index contributed by atoms with van der Waals surface area (Å²) in [5, 5.41) is -0.274. The Morgan fingerprint density at radius 3 is 2.56 bits per heavy atom. The summed E-state index contributed by atoms with van der Waals surface area (Å²) >= 11 is 1.46. The molecule has 1 aliphatic heterocycles. The van der Waals surface area contributed by atoms with Crippen LogP contribution in [0.5, 0.6) is 11.5 Å². The van der Waals surface area contributed by atoms with Crippen molar-refractivity contribution < 1.29 is 27.7 Å². The van der Waals surface area contributed by atoms with Crippen molar-refractivity contribution in [3.8, 4) is 11.5 Å². The fourth-order valence-corrected chi connectivity index (χ4v) is 9.42. The average Bonchev–Trinajstić information content (AvgIpc) is 3.58. The van der Waals surface area contributed by atoms with Crippen LogP contribution < -0.4 is 9.47 Å². The monoisotopic (exact) mass is 584 g/mol. The quantitative estimate of drug-likeness (QED) is 0.206. The van der Waals surface area contributed by atoms with Gasteiger partial charge in [-0.15, -0.1) is 11.8 Å². The summed E-state index contributed by atoms with van der Waals surface area (Å²) in [6.07, 6.45) is 8.69. The minimum absolute atomic E-state index is 0.128. The number of benzene rings is 2. The molecule has 0 N–H and O–H groups in total. The van der Waals surface area contributed by atoms with Gasteiger partial charge in [0.05, 0.1) is 26.9 Å². The standard InChI is InChI=1S/C34H42F2O4S/c1-33-16-14-29-28-13-9-25(21-23(28)6-12-30(29)31(33)15-17-34(33)39-19-20-40-34)38-18-4-3-5-27(22-32(35)36)41-26-10-7-24(37-2)8-11-26/h7-11,13,21-22,27,29-31H,3-6,12,14-20H2,1-2H3/t27-,29-,30-,31+,33+/m1/s1. The molecule has 1 heterocycles. The van der Waals surface area contributed by atoms with Gasteiger partial charge in [0.1, 0.15) is 11.5 Å². The molecule has 1 saturated heterocycles. The van der Waals surface area contributed by atoms with E-state index >= 15 is 0 Å². The lowest BCUT2D eigenvalue weighted by atomic mass is 9.55. The number of thioether (sulfide) groups is 1. The fraction of sp³-hybridized carbons (Fsp3) is 0.588. The third kappa shape index (κ3) is 5.79. The van der Waals surface area contributed by atoms with Crippen molar-refractivity contribution in [1.29, 1.82) is 0 Å². The van der Waals surface area contributed by atoms with Crippen LogP contribution in [-0.4, -0.2) is 38.0 Å². The van der Waals surface area contributed by atoms with Gasteiger partial charge < -0.3 is 18.9 Å². The first kappa shape index (κ1) is 29.0. The van der Waals surface area contributed by atoms with Crippen LogP contribution in [0.3, 0.4) is 0 Å². The number of ether oxygens (including phenoxy) is 4. The van der Waals surface area contributed by atoms with E-state index < -0.39 is 6.08 Å². The van der Waals surface area contributed by atoms with Gasteiger partial charge >= 0.3 is 0 Å². The van der Waals surface area contributed by atoms with E-state index in [2.05, 4.69) is 25.1 Å². The first-order chi connectivity index (χ1) is 19.9. The van der Waals surface area contributed by atoms with Crippen molar-refractivity contribution in [2.75, 3.05) is 26.9 Å². The number of unbranched alkanes of at least 4 members (excludes halogenated alkanes) is 1. The first-order valence-corrected chi connectivity index (χ1v) is 16.2. The highest BCUT2D eigenvalue weighted by Crippen LogP contribution is 2.66. The second-order valence-corrected chi connectivity index (χ2v) is 13.7. The summed E-state index contributed by atoms with van der Waals surface area (Å²) in [6.45, 7) is 4.50. The zero-order chi connectivity index (χ0) is 28.5. The van der Waals surface area contributed by atoms with Crippen LogP contribution in [0.4, 0.5) is 8.78 Å². The second-order valence-electron chi connectivity index (χ2n) is 12.4. The highest BCUT2D eigenvalue weighted by Gasteiger charge is 2.65. The summed E-state index contributed by atoms with van der Waals surface area (Å²) in [4.78, 5) is 0.955. The predicted molar refractivity (Wildman–Crippen MR) is 158 cm³/mol. The second kappa shape index (κ2) is 12.3. The Bertz CT molecular complexity index is 1220. The third-order valence-electron chi connectivity index (χ3n) is 10.3. The van der Waals surface area contributed by atoms with E-state index in [1.54, 1.807) is 7.11 Å². The molecule has 41 heavy (non-hydrogen) atoms. The zero-order valence-corrected chi connectivity index (χ0v) is 25.0. The number of aryl methyl sites for hydroxylation is 1. The van der Waals surface area contributed by atoms with Gasteiger partial charge in [-0.2, -0.15) is 8.78 Å². The van der Waals surface area contributed by atoms with Gasteiger partial charge in [-0.1, -0.05) is 13.0 Å². The lowest BCUT2D eigenvalue weighted by Gasteiger charge is -2.52. The normalized spacial score (nSPS) is 28.4. The highest BCUT2D eigenvalue weighted by molar-refractivity contribution is 8.00. The third-order valence-corrected chi connectivity index (χ3v) is 11.5. The van der Waals surface area contributed by atoms with Gasteiger partial charge in [0, 0.05) is 22.0 Å². The van der Waals surface area contributed by atoms with E-state index in [4.69, 9.17) is 18.9 Å². The van der Waals surface area contributed by atoms with Gasteiger partial charge in [0.2, 0.25) is 0 Å². The fourth-order valence-electron chi connectivity index (χ4n) is 8.32. The molecule has 2 aromatic rings. The molecule has 7 heteroatoms. The topological polar surface area (TPSA) is 36.9 Å². The summed E-state index contributed by atoms with van der Waals surface area (Å²) < 4.78 is 50.1. The molecule has 1 spiro atoms. The van der Waals surface area contributed by atoms with E-state index in [0.717, 1.165) is 67.8 Å². The zero-order valence-electron chi connectivity index (χ0n) is 24.2. The molecule has 0 bridgehead atoms. The van der Waals surface area contributed by atoms with Crippen LogP contribution in [0.1, 0.15) is 75.3 Å². The SMILES string of the molecule is COc1ccc(S[C@@H](C=C(F)F)CCCCOc2ccc3c(c2)CC[C@@H]2[C@@H]3CC[C@@]3(C)[C@H]2CCC32OCCO2)cc1. The van der Waals surface area contributed by atoms with Gasteiger partial charge in [-0.3, -0.25) is 0 Å². The van der Waals surface area contributed by atoms with Crippen molar-refractivity contribution in [2.45, 2.75) is 86.6 Å². The van der Waals surface area contributed by atoms with Gasteiger partial charge in [-0.05, 0) is 123 Å². The maximum Gasteiger partial charge on any atom is 0.267 e. The Balaban J connectivity index is 1.01. The Labute approximate surface area is 247 Å². The van der Waals surface area contributed by atoms with Gasteiger partial charge in [0.25, 0.3) is 6.08 Å². The van der Waals surface area contributed by atoms with E-state index in [-0.39, 0.29) is 16.5 Å². The number of rotatable bonds is 10. The maximum atomic E-state index is 13.1. The molecule has 5 atom stereocenters. The largest absolute Gasteiger partial charge is 0.497 e. The van der Waals surface area contributed by atoms with Crippen LogP contribution in [0.15, 0.2) is 59.5 Å². The number of halogens is 2. The Morgan fingerprint density at radius 2 is 1.80 bits per heavy atom. The average molecular weight is 585 g/mol. The molecule has 0 amide bonds. The molecule has 0 radical (unpaired) electrons. The van der Waals surface area contributed by atoms with Crippen molar-refractivity contribution in [1.82, 2.24) is 0 Å². The lowest BCUT2D eigenvalue weighted by Crippen LogP contribution is -2.51. The molecule has 3 aliphatic carbocycles. The number of hydrogen-bond donors (Lipinski definition) is 0. The summed E-state index contributed by atoms with van der Waals surface area (Å²) in [5.74, 6) is 3.32. The molecule has 4 aliphatic rings. The van der Waals surface area contributed by atoms with Gasteiger partial charge in [0.15, 0.2) is 5.79 Å². The number of hydrogen-bond acceptors (Lipinski definition) is 5. The minimum atomic E-state index is -1.63. The van der Waals surface area contributed by atoms with E-state index in [0.29, 0.717) is 30.8 Å². The van der Waals surface area contributed by atoms with Crippen molar-refractivity contribution in [2.24, 2.45) is 17.3 Å². The van der Waals surface area contributed by atoms with Crippen molar-refractivity contribution in [3.63, 3.8) is 0 Å². The van der Waals surface area contributed by atoms with Crippen LogP contribution in [0.25, 0.3) is 0 Å². The van der Waals surface area contributed by atoms with Crippen LogP contribution in [-0.2, 0) is 15.9 Å². The van der Waals surface area contributed by atoms with Crippen LogP contribution in [0.2, 0.25) is 0 Å². The molecule has 2 aromatic carbocycles. The minimum Gasteiger partial charge on any atom is -0.497 e. The molecule has 4 nitrogen and oxygen atoms in total. The van der Waals surface area contributed by atoms with Crippen LogP contribution in [0, 0.1) is 17.3 Å². The van der Waals surface area contributed by atoms with E-state index in [9.17, 15) is 8.78 Å².